The minimum Gasteiger partial charge on any atom is -0.494 e. The maximum atomic E-state index is 6.12. The van der Waals surface area contributed by atoms with Gasteiger partial charge in [0.2, 0.25) is 0 Å². The Balaban J connectivity index is 2.09. The number of fused-ring (bicyclic) bond motifs is 1. The number of methoxy groups -OCH3 is 1. The van der Waals surface area contributed by atoms with Crippen LogP contribution < -0.4 is 4.74 Å². The Morgan fingerprint density at radius 3 is 2.70 bits per heavy atom. The van der Waals surface area contributed by atoms with Crippen LogP contribution in [0.3, 0.4) is 0 Å². The molecule has 1 aromatic heterocycles. The molecule has 4 heteroatoms. The maximum Gasteiger partial charge on any atom is 0.146 e. The molecule has 20 heavy (non-hydrogen) atoms. The Labute approximate surface area is 124 Å². The van der Waals surface area contributed by atoms with Gasteiger partial charge in [0.05, 0.1) is 18.5 Å². The van der Waals surface area contributed by atoms with E-state index in [1.54, 1.807) is 7.11 Å². The van der Waals surface area contributed by atoms with Gasteiger partial charge in [0.15, 0.2) is 0 Å². The fraction of sp³-hybridized carbons (Fsp3) is 0.562. The summed E-state index contributed by atoms with van der Waals surface area (Å²) in [4.78, 5) is 4.70. The number of benzene rings is 1. The van der Waals surface area contributed by atoms with E-state index >= 15 is 0 Å². The van der Waals surface area contributed by atoms with Gasteiger partial charge in [-0.05, 0) is 43.7 Å². The summed E-state index contributed by atoms with van der Waals surface area (Å²) in [5.74, 6) is 3.08. The number of halogens is 1. The molecule has 0 N–H and O–H groups in total. The highest BCUT2D eigenvalue weighted by Gasteiger charge is 2.24. The lowest BCUT2D eigenvalue weighted by atomic mass is 9.87. The zero-order valence-electron chi connectivity index (χ0n) is 12.1. The predicted molar refractivity (Wildman–Crippen MR) is 82.5 cm³/mol. The van der Waals surface area contributed by atoms with Crippen LogP contribution in [0.25, 0.3) is 11.0 Å². The molecular formula is C16H21ClN2O. The van der Waals surface area contributed by atoms with Crippen LogP contribution in [-0.2, 0) is 5.88 Å². The maximum absolute atomic E-state index is 6.12. The zero-order chi connectivity index (χ0) is 14.1. The van der Waals surface area contributed by atoms with E-state index in [1.165, 1.54) is 25.7 Å². The van der Waals surface area contributed by atoms with Crippen molar-refractivity contribution < 1.29 is 4.74 Å². The summed E-state index contributed by atoms with van der Waals surface area (Å²) in [7, 11) is 1.69. The molecule has 0 unspecified atom stereocenters. The molecule has 0 atom stereocenters. The fourth-order valence-electron chi connectivity index (χ4n) is 3.31. The normalized spacial score (nSPS) is 23.1. The first-order chi connectivity index (χ1) is 9.74. The molecule has 1 aliphatic rings. The van der Waals surface area contributed by atoms with Gasteiger partial charge in [0.25, 0.3) is 0 Å². The summed E-state index contributed by atoms with van der Waals surface area (Å²) in [6.45, 7) is 2.34. The van der Waals surface area contributed by atoms with E-state index in [4.69, 9.17) is 21.3 Å². The molecule has 0 amide bonds. The van der Waals surface area contributed by atoms with Gasteiger partial charge in [0, 0.05) is 6.04 Å². The first-order valence-corrected chi connectivity index (χ1v) is 7.87. The number of aromatic nitrogens is 2. The number of nitrogens with zero attached hydrogens (tertiary/aromatic N) is 2. The Hall–Kier alpha value is -1.22. The average molecular weight is 293 g/mol. The van der Waals surface area contributed by atoms with Gasteiger partial charge < -0.3 is 9.30 Å². The van der Waals surface area contributed by atoms with Gasteiger partial charge in [-0.15, -0.1) is 11.6 Å². The second-order valence-corrected chi connectivity index (χ2v) is 6.04. The quantitative estimate of drug-likeness (QED) is 0.777. The van der Waals surface area contributed by atoms with Gasteiger partial charge in [-0.1, -0.05) is 13.0 Å². The van der Waals surface area contributed by atoms with E-state index in [-0.39, 0.29) is 0 Å². The lowest BCUT2D eigenvalue weighted by molar-refractivity contribution is 0.290. The molecular weight excluding hydrogens is 272 g/mol. The summed E-state index contributed by atoms with van der Waals surface area (Å²) >= 11 is 6.12. The second-order valence-electron chi connectivity index (χ2n) is 5.77. The van der Waals surface area contributed by atoms with Gasteiger partial charge in [0.1, 0.15) is 17.1 Å². The summed E-state index contributed by atoms with van der Waals surface area (Å²) in [5.41, 5.74) is 2.09. The second kappa shape index (κ2) is 5.65. The van der Waals surface area contributed by atoms with Gasteiger partial charge in [-0.2, -0.15) is 0 Å². The van der Waals surface area contributed by atoms with E-state index in [1.807, 2.05) is 12.1 Å². The van der Waals surface area contributed by atoms with Crippen molar-refractivity contribution >= 4 is 22.6 Å². The third-order valence-corrected chi connectivity index (χ3v) is 4.69. The van der Waals surface area contributed by atoms with Crippen molar-refractivity contribution in [3.63, 3.8) is 0 Å². The summed E-state index contributed by atoms with van der Waals surface area (Å²) < 4.78 is 7.77. The van der Waals surface area contributed by atoms with Gasteiger partial charge in [-0.25, -0.2) is 4.98 Å². The SMILES string of the molecule is COc1cccc2c1nc(CCl)n2C1CCC(C)CC1. The molecule has 0 saturated heterocycles. The Kier molecular flexibility index (Phi) is 3.88. The number of hydrogen-bond acceptors (Lipinski definition) is 2. The smallest absolute Gasteiger partial charge is 0.146 e. The summed E-state index contributed by atoms with van der Waals surface area (Å²) in [6.07, 6.45) is 5.01. The lowest BCUT2D eigenvalue weighted by Gasteiger charge is -2.28. The number of alkyl halides is 1. The molecule has 1 aromatic carbocycles. The van der Waals surface area contributed by atoms with Crippen LogP contribution in [0.5, 0.6) is 5.75 Å². The highest BCUT2D eigenvalue weighted by Crippen LogP contribution is 2.37. The van der Waals surface area contributed by atoms with Crippen LogP contribution in [0.2, 0.25) is 0 Å². The van der Waals surface area contributed by atoms with Gasteiger partial charge >= 0.3 is 0 Å². The van der Waals surface area contributed by atoms with Crippen LogP contribution in [0.15, 0.2) is 18.2 Å². The topological polar surface area (TPSA) is 27.1 Å². The van der Waals surface area contributed by atoms with E-state index in [0.717, 1.165) is 28.5 Å². The van der Waals surface area contributed by atoms with E-state index < -0.39 is 0 Å². The minimum atomic E-state index is 0.448. The minimum absolute atomic E-state index is 0.448. The molecule has 1 fully saturated rings. The Bertz CT molecular complexity index is 600. The van der Waals surface area contributed by atoms with E-state index in [9.17, 15) is 0 Å². The van der Waals surface area contributed by atoms with Crippen molar-refractivity contribution in [2.24, 2.45) is 5.92 Å². The molecule has 2 aromatic rings. The fourth-order valence-corrected chi connectivity index (χ4v) is 3.50. The van der Waals surface area contributed by atoms with Crippen molar-refractivity contribution in [2.45, 2.75) is 44.5 Å². The van der Waals surface area contributed by atoms with Crippen molar-refractivity contribution in [3.8, 4) is 5.75 Å². The monoisotopic (exact) mass is 292 g/mol. The highest BCUT2D eigenvalue weighted by molar-refractivity contribution is 6.16. The average Bonchev–Trinajstić information content (AvgIpc) is 2.86. The lowest BCUT2D eigenvalue weighted by Crippen LogP contribution is -2.18. The third-order valence-electron chi connectivity index (χ3n) is 4.45. The molecule has 0 bridgehead atoms. The van der Waals surface area contributed by atoms with Crippen molar-refractivity contribution in [3.05, 3.63) is 24.0 Å². The number of ether oxygens (including phenoxy) is 1. The largest absolute Gasteiger partial charge is 0.494 e. The van der Waals surface area contributed by atoms with Crippen LogP contribution in [0, 0.1) is 5.92 Å². The standard InChI is InChI=1S/C16H21ClN2O/c1-11-6-8-12(9-7-11)19-13-4-3-5-14(20-2)16(13)18-15(19)10-17/h3-5,11-12H,6-10H2,1-2H3. The number of para-hydroxylation sites is 1. The van der Waals surface area contributed by atoms with Crippen molar-refractivity contribution in [1.82, 2.24) is 9.55 Å². The molecule has 0 radical (unpaired) electrons. The molecule has 3 nitrogen and oxygen atoms in total. The Morgan fingerprint density at radius 1 is 1.30 bits per heavy atom. The van der Waals surface area contributed by atoms with Gasteiger partial charge in [-0.3, -0.25) is 0 Å². The molecule has 0 aliphatic heterocycles. The molecule has 108 valence electrons. The summed E-state index contributed by atoms with van der Waals surface area (Å²) in [5, 5.41) is 0. The zero-order valence-corrected chi connectivity index (χ0v) is 12.9. The van der Waals surface area contributed by atoms with Crippen molar-refractivity contribution in [1.29, 1.82) is 0 Å². The number of rotatable bonds is 3. The van der Waals surface area contributed by atoms with Crippen LogP contribution >= 0.6 is 11.6 Å². The van der Waals surface area contributed by atoms with E-state index in [0.29, 0.717) is 11.9 Å². The molecule has 1 saturated carbocycles. The Morgan fingerprint density at radius 2 is 2.05 bits per heavy atom. The number of imidazole rings is 1. The van der Waals surface area contributed by atoms with E-state index in [2.05, 4.69) is 17.6 Å². The third kappa shape index (κ3) is 2.28. The molecule has 1 heterocycles. The highest BCUT2D eigenvalue weighted by atomic mass is 35.5. The molecule has 1 aliphatic carbocycles. The summed E-state index contributed by atoms with van der Waals surface area (Å²) in [6, 6.07) is 6.64. The number of hydrogen-bond donors (Lipinski definition) is 0. The van der Waals surface area contributed by atoms with Crippen LogP contribution in [0.4, 0.5) is 0 Å². The molecule has 3 rings (SSSR count). The van der Waals surface area contributed by atoms with Crippen molar-refractivity contribution in [2.75, 3.05) is 7.11 Å². The van der Waals surface area contributed by atoms with Crippen LogP contribution in [-0.4, -0.2) is 16.7 Å². The van der Waals surface area contributed by atoms with Crippen LogP contribution in [0.1, 0.15) is 44.5 Å². The first-order valence-electron chi connectivity index (χ1n) is 7.34. The first kappa shape index (κ1) is 13.7. The predicted octanol–water partition coefficient (Wildman–Crippen LogP) is 4.53. The molecule has 0 spiro atoms.